The first-order valence-corrected chi connectivity index (χ1v) is 8.90. The molecule has 1 aliphatic heterocycles. The van der Waals surface area contributed by atoms with Crippen LogP contribution in [0.5, 0.6) is 0 Å². The van der Waals surface area contributed by atoms with Crippen molar-refractivity contribution in [1.82, 2.24) is 20.0 Å². The molecule has 5 nitrogen and oxygen atoms in total. The van der Waals surface area contributed by atoms with Crippen molar-refractivity contribution in [2.45, 2.75) is 39.2 Å². The zero-order chi connectivity index (χ0) is 17.1. The summed E-state index contributed by atoms with van der Waals surface area (Å²) in [4.78, 5) is 14.6. The number of fused-ring (bicyclic) bond motifs is 1. The van der Waals surface area contributed by atoms with Gasteiger partial charge in [0.25, 0.3) is 0 Å². The van der Waals surface area contributed by atoms with Crippen LogP contribution in [0.4, 0.5) is 0 Å². The summed E-state index contributed by atoms with van der Waals surface area (Å²) in [6, 6.07) is 6.32. The summed E-state index contributed by atoms with van der Waals surface area (Å²) in [6.07, 6.45) is 4.10. The van der Waals surface area contributed by atoms with Crippen LogP contribution in [0.25, 0.3) is 10.9 Å². The minimum absolute atomic E-state index is 0.134. The van der Waals surface area contributed by atoms with E-state index in [4.69, 9.17) is 0 Å². The highest BCUT2D eigenvalue weighted by Gasteiger charge is 2.18. The summed E-state index contributed by atoms with van der Waals surface area (Å²) in [6.45, 7) is 4.90. The van der Waals surface area contributed by atoms with Crippen molar-refractivity contribution in [3.05, 3.63) is 29.5 Å². The number of aromatic nitrogens is 2. The summed E-state index contributed by atoms with van der Waals surface area (Å²) < 4.78 is 1.88. The van der Waals surface area contributed by atoms with Crippen molar-refractivity contribution < 1.29 is 4.79 Å². The molecule has 5 heteroatoms. The zero-order valence-corrected chi connectivity index (χ0v) is 15.0. The number of hydrogen-bond donors (Lipinski definition) is 1. The highest BCUT2D eigenvalue weighted by Crippen LogP contribution is 2.21. The number of rotatable bonds is 5. The van der Waals surface area contributed by atoms with E-state index in [1.165, 1.54) is 24.9 Å². The van der Waals surface area contributed by atoms with Crippen molar-refractivity contribution in [1.29, 1.82) is 0 Å². The molecule has 0 spiro atoms. The summed E-state index contributed by atoms with van der Waals surface area (Å²) in [5.74, 6) is 0.794. The van der Waals surface area contributed by atoms with Gasteiger partial charge in [0.05, 0.1) is 17.8 Å². The summed E-state index contributed by atoms with van der Waals surface area (Å²) in [7, 11) is 4.11. The third-order valence-electron chi connectivity index (χ3n) is 5.04. The molecule has 0 bridgehead atoms. The molecule has 0 radical (unpaired) electrons. The lowest BCUT2D eigenvalue weighted by molar-refractivity contribution is -0.121. The van der Waals surface area contributed by atoms with Crippen LogP contribution in [0.3, 0.4) is 0 Å². The lowest BCUT2D eigenvalue weighted by Crippen LogP contribution is -2.33. The molecule has 1 atom stereocenters. The Hall–Kier alpha value is -1.88. The molecule has 0 aliphatic carbocycles. The van der Waals surface area contributed by atoms with Crippen molar-refractivity contribution >= 4 is 16.8 Å². The first-order chi connectivity index (χ1) is 11.5. The van der Waals surface area contributed by atoms with Crippen LogP contribution in [-0.4, -0.2) is 40.7 Å². The number of amides is 1. The Morgan fingerprint density at radius 2 is 2.21 bits per heavy atom. The van der Waals surface area contributed by atoms with Gasteiger partial charge in [0.2, 0.25) is 5.91 Å². The van der Waals surface area contributed by atoms with E-state index in [1.54, 1.807) is 0 Å². The predicted molar refractivity (Wildman–Crippen MR) is 96.8 cm³/mol. The number of nitrogens with zero attached hydrogens (tertiary/aromatic N) is 3. The Labute approximate surface area is 144 Å². The molecule has 1 saturated heterocycles. The number of hydrogen-bond acceptors (Lipinski definition) is 3. The van der Waals surface area contributed by atoms with Crippen molar-refractivity contribution in [3.8, 4) is 0 Å². The fourth-order valence-electron chi connectivity index (χ4n) is 3.70. The molecule has 1 aromatic carbocycles. The molecule has 2 aromatic rings. The average molecular weight is 328 g/mol. The van der Waals surface area contributed by atoms with Crippen molar-refractivity contribution in [3.63, 3.8) is 0 Å². The highest BCUT2D eigenvalue weighted by atomic mass is 16.1. The molecule has 1 unspecified atom stereocenters. The Bertz CT molecular complexity index is 721. The number of aryl methyl sites for hydroxylation is 2. The summed E-state index contributed by atoms with van der Waals surface area (Å²) >= 11 is 0. The van der Waals surface area contributed by atoms with Crippen LogP contribution in [-0.2, 0) is 18.4 Å². The van der Waals surface area contributed by atoms with E-state index in [2.05, 4.69) is 47.5 Å². The second-order valence-electron chi connectivity index (χ2n) is 7.18. The summed E-state index contributed by atoms with van der Waals surface area (Å²) in [5, 5.41) is 8.74. The van der Waals surface area contributed by atoms with Crippen molar-refractivity contribution in [2.75, 3.05) is 20.1 Å². The molecule has 1 N–H and O–H groups in total. The third kappa shape index (κ3) is 3.96. The quantitative estimate of drug-likeness (QED) is 0.918. The van der Waals surface area contributed by atoms with E-state index in [9.17, 15) is 4.79 Å². The van der Waals surface area contributed by atoms with Crippen LogP contribution >= 0.6 is 0 Å². The molecule has 24 heavy (non-hydrogen) atoms. The lowest BCUT2D eigenvalue weighted by Gasteiger charge is -2.29. The maximum atomic E-state index is 12.2. The number of nitrogens with one attached hydrogen (secondary N) is 1. The van der Waals surface area contributed by atoms with Gasteiger partial charge in [-0.05, 0) is 57.8 Å². The third-order valence-corrected chi connectivity index (χ3v) is 5.04. The Kier molecular flexibility index (Phi) is 5.19. The zero-order valence-electron chi connectivity index (χ0n) is 15.0. The second-order valence-corrected chi connectivity index (χ2v) is 7.18. The largest absolute Gasteiger partial charge is 0.350 e. The monoisotopic (exact) mass is 328 g/mol. The summed E-state index contributed by atoms with van der Waals surface area (Å²) in [5.41, 5.74) is 3.27. The van der Waals surface area contributed by atoms with Gasteiger partial charge in [-0.2, -0.15) is 5.10 Å². The van der Waals surface area contributed by atoms with Gasteiger partial charge in [0, 0.05) is 25.4 Å². The molecule has 130 valence electrons. The van der Waals surface area contributed by atoms with Crippen LogP contribution < -0.4 is 5.32 Å². The molecule has 1 fully saturated rings. The van der Waals surface area contributed by atoms with Gasteiger partial charge in [-0.15, -0.1) is 0 Å². The first-order valence-electron chi connectivity index (χ1n) is 8.90. The minimum Gasteiger partial charge on any atom is -0.350 e. The predicted octanol–water partition coefficient (Wildman–Crippen LogP) is 2.62. The van der Waals surface area contributed by atoms with Gasteiger partial charge >= 0.3 is 0 Å². The number of benzene rings is 1. The Morgan fingerprint density at radius 3 is 3.00 bits per heavy atom. The fourth-order valence-corrected chi connectivity index (χ4v) is 3.70. The van der Waals surface area contributed by atoms with Crippen LogP contribution in [0.2, 0.25) is 0 Å². The van der Waals surface area contributed by atoms with E-state index in [0.717, 1.165) is 29.6 Å². The topological polar surface area (TPSA) is 50.2 Å². The minimum atomic E-state index is 0.134. The normalized spacial score (nSPS) is 18.9. The standard InChI is InChI=1S/C19H28N4O/c1-14-6-8-18-16(11-14)17(21-23(18)3)12-20-19(24)9-7-15-5-4-10-22(2)13-15/h6,8,11,15H,4-5,7,9-10,12-13H2,1-3H3,(H,20,24). The molecule has 0 saturated carbocycles. The first kappa shape index (κ1) is 17.0. The molecule has 2 heterocycles. The van der Waals surface area contributed by atoms with Gasteiger partial charge in [-0.25, -0.2) is 0 Å². The average Bonchev–Trinajstić information content (AvgIpc) is 2.86. The molecular formula is C19H28N4O. The molecule has 1 amide bonds. The van der Waals surface area contributed by atoms with Gasteiger partial charge in [0.1, 0.15) is 0 Å². The lowest BCUT2D eigenvalue weighted by atomic mass is 9.93. The van der Waals surface area contributed by atoms with Gasteiger partial charge in [0.15, 0.2) is 0 Å². The van der Waals surface area contributed by atoms with E-state index >= 15 is 0 Å². The fraction of sp³-hybridized carbons (Fsp3) is 0.579. The SMILES string of the molecule is Cc1ccc2c(c1)c(CNC(=O)CCC1CCCN(C)C1)nn2C. The van der Waals surface area contributed by atoms with Crippen LogP contribution in [0.1, 0.15) is 36.9 Å². The van der Waals surface area contributed by atoms with E-state index in [-0.39, 0.29) is 5.91 Å². The second kappa shape index (κ2) is 7.34. The number of likely N-dealkylation sites (tertiary alicyclic amines) is 1. The Balaban J connectivity index is 1.54. The molecule has 1 aromatic heterocycles. The maximum Gasteiger partial charge on any atom is 0.220 e. The highest BCUT2D eigenvalue weighted by molar-refractivity contribution is 5.83. The van der Waals surface area contributed by atoms with Gasteiger partial charge in [-0.3, -0.25) is 9.48 Å². The Morgan fingerprint density at radius 1 is 1.38 bits per heavy atom. The van der Waals surface area contributed by atoms with E-state index < -0.39 is 0 Å². The number of piperidine rings is 1. The van der Waals surface area contributed by atoms with Gasteiger partial charge in [-0.1, -0.05) is 11.6 Å². The van der Waals surface area contributed by atoms with Crippen LogP contribution in [0, 0.1) is 12.8 Å². The van der Waals surface area contributed by atoms with E-state index in [0.29, 0.717) is 18.9 Å². The number of carbonyl (C=O) groups excluding carboxylic acids is 1. The van der Waals surface area contributed by atoms with Gasteiger partial charge < -0.3 is 10.2 Å². The number of carbonyl (C=O) groups is 1. The maximum absolute atomic E-state index is 12.2. The van der Waals surface area contributed by atoms with Crippen molar-refractivity contribution in [2.24, 2.45) is 13.0 Å². The molecule has 3 rings (SSSR count). The molecular weight excluding hydrogens is 300 g/mol. The van der Waals surface area contributed by atoms with E-state index in [1.807, 2.05) is 11.7 Å². The van der Waals surface area contributed by atoms with Crippen LogP contribution in [0.15, 0.2) is 18.2 Å². The molecule has 1 aliphatic rings. The smallest absolute Gasteiger partial charge is 0.220 e.